The van der Waals surface area contributed by atoms with Crippen LogP contribution < -0.4 is 5.43 Å². The molecule has 1 aromatic heterocycles. The molecule has 6 nitrogen and oxygen atoms in total. The maximum Gasteiger partial charge on any atom is 0.416 e. The zero-order valence-corrected chi connectivity index (χ0v) is 28.7. The molecule has 0 aliphatic carbocycles. The Balaban J connectivity index is 1.33. The number of halogens is 5. The fourth-order valence-corrected chi connectivity index (χ4v) is 7.28. The van der Waals surface area contributed by atoms with Crippen LogP contribution in [0.1, 0.15) is 36.4 Å². The Bertz CT molecular complexity index is 2260. The van der Waals surface area contributed by atoms with E-state index in [1.165, 1.54) is 47.4 Å². The van der Waals surface area contributed by atoms with E-state index in [1.807, 2.05) is 4.90 Å². The van der Waals surface area contributed by atoms with E-state index in [1.54, 1.807) is 36.4 Å². The van der Waals surface area contributed by atoms with E-state index in [-0.39, 0.29) is 40.4 Å². The smallest absolute Gasteiger partial charge is 0.383 e. The summed E-state index contributed by atoms with van der Waals surface area (Å²) in [7, 11) is -2.54. The fourth-order valence-electron chi connectivity index (χ4n) is 6.29. The minimum absolute atomic E-state index is 0.0172. The predicted octanol–water partition coefficient (Wildman–Crippen LogP) is 8.40. The van der Waals surface area contributed by atoms with Gasteiger partial charge in [0.2, 0.25) is 5.91 Å². The van der Waals surface area contributed by atoms with Crippen LogP contribution in [-0.2, 0) is 34.5 Å². The van der Waals surface area contributed by atoms with Crippen LogP contribution in [0.4, 0.5) is 22.0 Å². The van der Waals surface area contributed by atoms with Crippen LogP contribution in [-0.4, -0.2) is 59.6 Å². The first-order valence-corrected chi connectivity index (χ1v) is 17.6. The molecule has 272 valence electrons. The van der Waals surface area contributed by atoms with Gasteiger partial charge in [0.05, 0.1) is 29.6 Å². The number of amides is 1. The number of nitrogens with zero attached hydrogens (tertiary/aromatic N) is 3. The van der Waals surface area contributed by atoms with Crippen molar-refractivity contribution >= 4 is 28.6 Å². The zero-order valence-electron chi connectivity index (χ0n) is 32.8. The van der Waals surface area contributed by atoms with Crippen molar-refractivity contribution in [2.75, 3.05) is 33.3 Å². The van der Waals surface area contributed by atoms with E-state index in [4.69, 9.17) is 8.85 Å². The number of alkyl halides is 3. The summed E-state index contributed by atoms with van der Waals surface area (Å²) in [5.41, 5.74) is 0.662. The number of methoxy groups -OCH3 is 1. The maximum atomic E-state index is 14.8. The molecule has 1 amide bonds. The molecular weight excluding hydrogens is 698 g/mol. The number of rotatable bonds is 12. The molecule has 1 saturated heterocycles. The van der Waals surface area contributed by atoms with E-state index in [0.717, 1.165) is 34.5 Å². The van der Waals surface area contributed by atoms with Gasteiger partial charge in [0.15, 0.2) is 17.1 Å². The van der Waals surface area contributed by atoms with Gasteiger partial charge in [-0.25, -0.2) is 8.78 Å². The van der Waals surface area contributed by atoms with Crippen LogP contribution in [0.3, 0.4) is 0 Å². The van der Waals surface area contributed by atoms with Crippen LogP contribution in [0.15, 0.2) is 107 Å². The van der Waals surface area contributed by atoms with Gasteiger partial charge in [0, 0.05) is 62.0 Å². The summed E-state index contributed by atoms with van der Waals surface area (Å²) in [6, 6.07) is 22.2. The Hall–Kier alpha value is -4.52. The van der Waals surface area contributed by atoms with Crippen molar-refractivity contribution in [3.05, 3.63) is 136 Å². The number of ether oxygens (including phenoxy) is 1. The summed E-state index contributed by atoms with van der Waals surface area (Å²) in [6.07, 6.45) is -3.67. The Morgan fingerprint density at radius 1 is 0.962 bits per heavy atom. The molecule has 1 fully saturated rings. The van der Waals surface area contributed by atoms with Gasteiger partial charge >= 0.3 is 6.18 Å². The summed E-state index contributed by atoms with van der Waals surface area (Å²) in [5.74, 6) is -3.24. The summed E-state index contributed by atoms with van der Waals surface area (Å²) >= 11 is 0.883. The van der Waals surface area contributed by atoms with E-state index >= 15 is 0 Å². The normalized spacial score (nSPS) is 16.1. The van der Waals surface area contributed by atoms with Gasteiger partial charge in [0.25, 0.3) is 0 Å². The minimum Gasteiger partial charge on any atom is -0.383 e. The molecular formula is C40H38F5N3O3S. The number of piperidine rings is 1. The molecule has 4 aromatic carbocycles. The molecule has 1 aliphatic rings. The van der Waals surface area contributed by atoms with Crippen molar-refractivity contribution in [2.45, 2.75) is 48.9 Å². The van der Waals surface area contributed by atoms with E-state index in [0.29, 0.717) is 49.2 Å². The third-order valence-electron chi connectivity index (χ3n) is 9.12. The number of thioether (sulfide) groups is 1. The molecule has 0 bridgehead atoms. The standard InChI is InChI=1S/C40H38F5N3O3S/c1-51-22-21-46-19-17-32(18-20-46)47(24-27-9-11-28(12-10-27)29-13-15-31(16-14-29)40(43,44)45)37(50)25-48-35-8-3-2-6-33(35)36(49)23-38(48)52-26-30-5-4-7-34(41)39(30)42/h2-16,23,32H,17-22,24-26H2,1H3/i1D3,25D2. The van der Waals surface area contributed by atoms with E-state index < -0.39 is 54.3 Å². The lowest BCUT2D eigenvalue weighted by atomic mass is 10.00. The third kappa shape index (κ3) is 8.74. The molecule has 2 heterocycles. The van der Waals surface area contributed by atoms with Gasteiger partial charge in [-0.1, -0.05) is 60.7 Å². The van der Waals surface area contributed by atoms with Crippen LogP contribution >= 0.6 is 11.8 Å². The molecule has 0 saturated carbocycles. The Morgan fingerprint density at radius 3 is 2.35 bits per heavy atom. The quantitative estimate of drug-likeness (QED) is 0.0951. The van der Waals surface area contributed by atoms with Crippen molar-refractivity contribution in [3.63, 3.8) is 0 Å². The minimum atomic E-state index is -4.48. The van der Waals surface area contributed by atoms with Crippen LogP contribution in [0, 0.1) is 11.6 Å². The highest BCUT2D eigenvalue weighted by Gasteiger charge is 2.31. The van der Waals surface area contributed by atoms with Crippen molar-refractivity contribution in [1.29, 1.82) is 0 Å². The molecule has 0 unspecified atom stereocenters. The number of hydrogen-bond donors (Lipinski definition) is 0. The van der Waals surface area contributed by atoms with Gasteiger partial charge in [-0.15, -0.1) is 11.8 Å². The number of likely N-dealkylation sites (tertiary alicyclic amines) is 1. The molecule has 1 aliphatic heterocycles. The predicted molar refractivity (Wildman–Crippen MR) is 193 cm³/mol. The van der Waals surface area contributed by atoms with Crippen LogP contribution in [0.5, 0.6) is 0 Å². The number of benzene rings is 4. The molecule has 0 spiro atoms. The first kappa shape index (κ1) is 31.0. The Labute approximate surface area is 309 Å². The topological polar surface area (TPSA) is 54.8 Å². The first-order valence-electron chi connectivity index (χ1n) is 19.1. The number of para-hydroxylation sites is 1. The number of pyridine rings is 1. The molecule has 6 rings (SSSR count). The number of aromatic nitrogens is 1. The van der Waals surface area contributed by atoms with Crippen LogP contribution in [0.2, 0.25) is 0 Å². The van der Waals surface area contributed by atoms with Gasteiger partial charge in [-0.3, -0.25) is 9.59 Å². The maximum absolute atomic E-state index is 14.8. The van der Waals surface area contributed by atoms with Gasteiger partial charge < -0.3 is 19.1 Å². The highest BCUT2D eigenvalue weighted by molar-refractivity contribution is 7.98. The van der Waals surface area contributed by atoms with Crippen molar-refractivity contribution in [3.8, 4) is 11.1 Å². The highest BCUT2D eigenvalue weighted by Crippen LogP contribution is 2.32. The van der Waals surface area contributed by atoms with Crippen molar-refractivity contribution in [2.24, 2.45) is 0 Å². The summed E-state index contributed by atoms with van der Waals surface area (Å²) in [6.45, 7) is -1.65. The second-order valence-electron chi connectivity index (χ2n) is 12.4. The Morgan fingerprint density at radius 2 is 1.65 bits per heavy atom. The average Bonchev–Trinajstić information content (AvgIpc) is 3.17. The summed E-state index contributed by atoms with van der Waals surface area (Å²) in [4.78, 5) is 31.5. The lowest BCUT2D eigenvalue weighted by Crippen LogP contribution is -2.48. The molecule has 0 N–H and O–H groups in total. The molecule has 12 heteroatoms. The number of carbonyl (C=O) groups is 1. The molecule has 52 heavy (non-hydrogen) atoms. The molecule has 0 atom stereocenters. The second kappa shape index (κ2) is 16.4. The van der Waals surface area contributed by atoms with Crippen molar-refractivity contribution in [1.82, 2.24) is 14.4 Å². The second-order valence-corrected chi connectivity index (χ2v) is 13.4. The number of hydrogen-bond acceptors (Lipinski definition) is 5. The lowest BCUT2D eigenvalue weighted by molar-refractivity contribution is -0.137. The zero-order chi connectivity index (χ0) is 41.1. The Kier molecular flexibility index (Phi) is 9.81. The monoisotopic (exact) mass is 740 g/mol. The highest BCUT2D eigenvalue weighted by atomic mass is 32.2. The number of carbonyl (C=O) groups excluding carboxylic acids is 1. The summed E-state index contributed by atoms with van der Waals surface area (Å²) in [5, 5.41) is 0.166. The van der Waals surface area contributed by atoms with E-state index in [9.17, 15) is 34.3 Å². The van der Waals surface area contributed by atoms with Gasteiger partial charge in [0.1, 0.15) is 6.50 Å². The van der Waals surface area contributed by atoms with Gasteiger partial charge in [-0.05, 0) is 59.9 Å². The van der Waals surface area contributed by atoms with Crippen LogP contribution in [0.25, 0.3) is 22.0 Å². The van der Waals surface area contributed by atoms with E-state index in [2.05, 4.69) is 0 Å². The largest absolute Gasteiger partial charge is 0.416 e. The molecule has 0 radical (unpaired) electrons. The first-order chi connectivity index (χ1) is 26.9. The molecule has 5 aromatic rings. The third-order valence-corrected chi connectivity index (χ3v) is 10.2. The van der Waals surface area contributed by atoms with Gasteiger partial charge in [-0.2, -0.15) is 13.2 Å². The fraction of sp³-hybridized carbons (Fsp3) is 0.300. The number of fused-ring (bicyclic) bond motifs is 1. The summed E-state index contributed by atoms with van der Waals surface area (Å²) < 4.78 is 115. The van der Waals surface area contributed by atoms with Crippen molar-refractivity contribution < 1.29 is 38.3 Å². The average molecular weight is 741 g/mol. The SMILES string of the molecule is [2H]C([2H])([2H])OCCN1CCC(N(Cc2ccc(-c3ccc(C(F)(F)F)cc3)cc2)C(=O)C([2H])([2H])n2c(SCc3cccc(F)c3F)cc(=O)c3ccccc32)CC1. The lowest BCUT2D eigenvalue weighted by Gasteiger charge is -2.39.